The number of nitrogens with one attached hydrogen (secondary N) is 1. The molecule has 1 atom stereocenters. The Morgan fingerprint density at radius 3 is 2.27 bits per heavy atom. The summed E-state index contributed by atoms with van der Waals surface area (Å²) in [4.78, 5) is 0.118. The second kappa shape index (κ2) is 6.64. The number of hydrogen-bond acceptors (Lipinski definition) is 5. The molecule has 6 nitrogen and oxygen atoms in total. The monoisotopic (exact) mass is 343 g/mol. The molecule has 8 heteroatoms. The van der Waals surface area contributed by atoms with Gasteiger partial charge in [0.2, 0.25) is 10.0 Å². The molecule has 2 rings (SSSR count). The van der Waals surface area contributed by atoms with E-state index in [4.69, 9.17) is 4.42 Å². The lowest BCUT2D eigenvalue weighted by Crippen LogP contribution is -2.32. The second-order valence-electron chi connectivity index (χ2n) is 4.61. The molecule has 0 saturated heterocycles. The van der Waals surface area contributed by atoms with Crippen LogP contribution in [0, 0.1) is 0 Å². The molecule has 0 saturated carbocycles. The minimum Gasteiger partial charge on any atom is -0.468 e. The molecule has 1 N–H and O–H groups in total. The fraction of sp³-hybridized carbons (Fsp3) is 0.286. The van der Waals surface area contributed by atoms with Gasteiger partial charge < -0.3 is 4.42 Å². The maximum Gasteiger partial charge on any atom is 0.211 e. The maximum atomic E-state index is 12.7. The molecule has 0 bridgehead atoms. The van der Waals surface area contributed by atoms with Gasteiger partial charge in [0.05, 0.1) is 16.9 Å². The van der Waals surface area contributed by atoms with Crippen LogP contribution in [-0.2, 0) is 19.9 Å². The number of benzene rings is 1. The first-order valence-corrected chi connectivity index (χ1v) is 9.86. The first kappa shape index (κ1) is 16.7. The van der Waals surface area contributed by atoms with Crippen LogP contribution in [0.3, 0.4) is 0 Å². The van der Waals surface area contributed by atoms with E-state index in [9.17, 15) is 16.8 Å². The highest BCUT2D eigenvalue weighted by Crippen LogP contribution is 2.28. The van der Waals surface area contributed by atoms with E-state index in [0.717, 1.165) is 0 Å². The molecule has 0 amide bonds. The Kier molecular flexibility index (Phi) is 5.05. The van der Waals surface area contributed by atoms with E-state index in [2.05, 4.69) is 4.72 Å². The van der Waals surface area contributed by atoms with Gasteiger partial charge in [0.25, 0.3) is 0 Å². The Hall–Kier alpha value is -1.64. The molecule has 22 heavy (non-hydrogen) atoms. The van der Waals surface area contributed by atoms with Gasteiger partial charge in [-0.3, -0.25) is 0 Å². The van der Waals surface area contributed by atoms with Gasteiger partial charge in [0.1, 0.15) is 11.0 Å². The van der Waals surface area contributed by atoms with Crippen LogP contribution in [0.15, 0.2) is 58.0 Å². The quantitative estimate of drug-likeness (QED) is 0.826. The van der Waals surface area contributed by atoms with Crippen molar-refractivity contribution in [3.63, 3.8) is 0 Å². The molecule has 1 aromatic heterocycles. The van der Waals surface area contributed by atoms with Crippen LogP contribution in [0.5, 0.6) is 0 Å². The number of furan rings is 1. The number of rotatable bonds is 7. The predicted octanol–water partition coefficient (Wildman–Crippen LogP) is 1.73. The maximum absolute atomic E-state index is 12.7. The van der Waals surface area contributed by atoms with Gasteiger partial charge in [0, 0.05) is 6.54 Å². The van der Waals surface area contributed by atoms with E-state index < -0.39 is 25.1 Å². The highest BCUT2D eigenvalue weighted by Gasteiger charge is 2.32. The zero-order valence-electron chi connectivity index (χ0n) is 12.0. The summed E-state index contributed by atoms with van der Waals surface area (Å²) in [6.07, 6.45) is 1.36. The van der Waals surface area contributed by atoms with Crippen molar-refractivity contribution in [1.29, 1.82) is 0 Å². The molecular weight excluding hydrogens is 326 g/mol. The summed E-state index contributed by atoms with van der Waals surface area (Å²) in [7, 11) is -7.28. The number of sulfone groups is 1. The third kappa shape index (κ3) is 3.76. The molecule has 1 heterocycles. The van der Waals surface area contributed by atoms with E-state index in [0.29, 0.717) is 0 Å². The fourth-order valence-electron chi connectivity index (χ4n) is 1.92. The van der Waals surface area contributed by atoms with Gasteiger partial charge >= 0.3 is 0 Å². The standard InChI is InChI=1S/C14H17NO5S2/c1-2-21(16,17)15-11-14(13-9-6-10-20-13)22(18,19)12-7-4-3-5-8-12/h3-10,14-15H,2,11H2,1H3/t14-/m0/s1. The van der Waals surface area contributed by atoms with Crippen molar-refractivity contribution in [1.82, 2.24) is 4.72 Å². The number of hydrogen-bond donors (Lipinski definition) is 1. The van der Waals surface area contributed by atoms with E-state index in [1.807, 2.05) is 0 Å². The average Bonchev–Trinajstić information content (AvgIpc) is 3.02. The zero-order valence-corrected chi connectivity index (χ0v) is 13.6. The normalized spacial score (nSPS) is 13.9. The minimum atomic E-state index is -3.78. The summed E-state index contributed by atoms with van der Waals surface area (Å²) in [5.74, 6) is 0.0751. The topological polar surface area (TPSA) is 93.4 Å². The lowest BCUT2D eigenvalue weighted by molar-refractivity contribution is 0.486. The lowest BCUT2D eigenvalue weighted by atomic mass is 10.3. The van der Waals surface area contributed by atoms with Crippen molar-refractivity contribution in [3.05, 3.63) is 54.5 Å². The summed E-state index contributed by atoms with van der Waals surface area (Å²) in [6, 6.07) is 11.0. The van der Waals surface area contributed by atoms with Crippen LogP contribution in [0.25, 0.3) is 0 Å². The van der Waals surface area contributed by atoms with Crippen molar-refractivity contribution < 1.29 is 21.3 Å². The third-order valence-electron chi connectivity index (χ3n) is 3.18. The minimum absolute atomic E-state index is 0.118. The van der Waals surface area contributed by atoms with Crippen LogP contribution in [0.1, 0.15) is 17.9 Å². The van der Waals surface area contributed by atoms with Gasteiger partial charge in [-0.25, -0.2) is 21.6 Å². The van der Waals surface area contributed by atoms with Crippen LogP contribution in [-0.4, -0.2) is 29.1 Å². The lowest BCUT2D eigenvalue weighted by Gasteiger charge is -2.16. The highest BCUT2D eigenvalue weighted by atomic mass is 32.2. The molecule has 0 unspecified atom stereocenters. The van der Waals surface area contributed by atoms with Gasteiger partial charge in [0.15, 0.2) is 9.84 Å². The smallest absolute Gasteiger partial charge is 0.211 e. The Bertz CT molecular complexity index is 796. The van der Waals surface area contributed by atoms with E-state index in [1.54, 1.807) is 24.3 Å². The largest absolute Gasteiger partial charge is 0.468 e. The van der Waals surface area contributed by atoms with Gasteiger partial charge in [-0.05, 0) is 31.2 Å². The summed E-state index contributed by atoms with van der Waals surface area (Å²) in [5, 5.41) is -1.12. The highest BCUT2D eigenvalue weighted by molar-refractivity contribution is 7.92. The molecule has 2 aromatic rings. The molecule has 0 aliphatic carbocycles. The SMILES string of the molecule is CCS(=O)(=O)NC[C@@H](c1ccco1)S(=O)(=O)c1ccccc1. The van der Waals surface area contributed by atoms with E-state index in [1.165, 1.54) is 31.4 Å². The first-order chi connectivity index (χ1) is 10.4. The van der Waals surface area contributed by atoms with Crippen molar-refractivity contribution in [3.8, 4) is 0 Å². The van der Waals surface area contributed by atoms with Crippen molar-refractivity contribution in [2.75, 3.05) is 12.3 Å². The van der Waals surface area contributed by atoms with Crippen LogP contribution in [0.2, 0.25) is 0 Å². The van der Waals surface area contributed by atoms with Crippen LogP contribution >= 0.6 is 0 Å². The second-order valence-corrected chi connectivity index (χ2v) is 8.84. The molecule has 0 fully saturated rings. The molecule has 0 aliphatic rings. The molecule has 0 radical (unpaired) electrons. The van der Waals surface area contributed by atoms with Crippen LogP contribution < -0.4 is 4.72 Å². The van der Waals surface area contributed by atoms with Crippen molar-refractivity contribution >= 4 is 19.9 Å². The zero-order chi connectivity index (χ0) is 16.2. The molecule has 1 aromatic carbocycles. The molecular formula is C14H17NO5S2. The van der Waals surface area contributed by atoms with Gasteiger partial charge in [-0.1, -0.05) is 18.2 Å². The summed E-state index contributed by atoms with van der Waals surface area (Å²) >= 11 is 0. The Morgan fingerprint density at radius 2 is 1.73 bits per heavy atom. The summed E-state index contributed by atoms with van der Waals surface area (Å²) < 4.78 is 56.2. The predicted molar refractivity (Wildman–Crippen MR) is 82.5 cm³/mol. The average molecular weight is 343 g/mol. The van der Waals surface area contributed by atoms with Crippen LogP contribution in [0.4, 0.5) is 0 Å². The number of sulfonamides is 1. The fourth-order valence-corrected chi connectivity index (χ4v) is 4.25. The van der Waals surface area contributed by atoms with E-state index in [-0.39, 0.29) is 23.0 Å². The van der Waals surface area contributed by atoms with Crippen molar-refractivity contribution in [2.24, 2.45) is 0 Å². The summed E-state index contributed by atoms with van der Waals surface area (Å²) in [6.45, 7) is 1.21. The molecule has 0 aliphatic heterocycles. The van der Waals surface area contributed by atoms with Crippen molar-refractivity contribution in [2.45, 2.75) is 17.1 Å². The Morgan fingerprint density at radius 1 is 1.05 bits per heavy atom. The molecule has 0 spiro atoms. The molecule has 120 valence electrons. The Balaban J connectivity index is 2.38. The summed E-state index contributed by atoms with van der Waals surface area (Å²) in [5.41, 5.74) is 0. The van der Waals surface area contributed by atoms with Gasteiger partial charge in [-0.15, -0.1) is 0 Å². The third-order valence-corrected chi connectivity index (χ3v) is 6.62. The first-order valence-electron chi connectivity index (χ1n) is 6.66. The van der Waals surface area contributed by atoms with Gasteiger partial charge in [-0.2, -0.15) is 0 Å². The Labute approximate surface area is 130 Å². The van der Waals surface area contributed by atoms with E-state index >= 15 is 0 Å².